The highest BCUT2D eigenvalue weighted by atomic mass is 16.6. The Labute approximate surface area is 157 Å². The van der Waals surface area contributed by atoms with E-state index in [0.717, 1.165) is 0 Å². The number of carbonyl (C=O) groups excluding carboxylic acids is 2. The first-order valence-corrected chi connectivity index (χ1v) is 8.50. The fourth-order valence-electron chi connectivity index (χ4n) is 2.29. The second-order valence-corrected chi connectivity index (χ2v) is 6.20. The second kappa shape index (κ2) is 8.35. The molecule has 12 nitrogen and oxygen atoms in total. The minimum Gasteiger partial charge on any atom is -0.461 e. The predicted octanol–water partition coefficient (Wildman–Crippen LogP) is -2.76. The summed E-state index contributed by atoms with van der Waals surface area (Å²) in [5, 5.41) is 0. The predicted molar refractivity (Wildman–Crippen MR) is 90.8 cm³/mol. The molecule has 0 aliphatic carbocycles. The molecular weight excluding hydrogens is 378 g/mol. The van der Waals surface area contributed by atoms with Gasteiger partial charge in [0.2, 0.25) is 0 Å². The van der Waals surface area contributed by atoms with E-state index in [0.29, 0.717) is 26.9 Å². The lowest BCUT2D eigenvalue weighted by molar-refractivity contribution is -0.145. The van der Waals surface area contributed by atoms with Crippen LogP contribution in [0.3, 0.4) is 0 Å². The standard InChI is InChI=1S/C16H19N3O9/c1-2-3-17-14(22)18(4-12(20)27-8-10-6-25-10)16(24)19(15(17)23)5-13(21)28-9-11-7-26-11/h2,10-11H,1,3-9H2. The maximum absolute atomic E-state index is 12.6. The molecule has 0 N–H and O–H groups in total. The van der Waals surface area contributed by atoms with Crippen molar-refractivity contribution in [1.82, 2.24) is 13.7 Å². The van der Waals surface area contributed by atoms with Crippen LogP contribution in [0, 0.1) is 0 Å². The zero-order valence-corrected chi connectivity index (χ0v) is 14.9. The van der Waals surface area contributed by atoms with Crippen LogP contribution in [0.2, 0.25) is 0 Å². The number of carbonyl (C=O) groups is 2. The van der Waals surface area contributed by atoms with E-state index in [1.54, 1.807) is 0 Å². The normalized spacial score (nSPS) is 19.7. The van der Waals surface area contributed by atoms with Crippen molar-refractivity contribution in [2.24, 2.45) is 0 Å². The first kappa shape index (κ1) is 19.8. The second-order valence-electron chi connectivity index (χ2n) is 6.20. The summed E-state index contributed by atoms with van der Waals surface area (Å²) in [5.74, 6) is -1.70. The van der Waals surface area contributed by atoms with Crippen LogP contribution >= 0.6 is 0 Å². The molecule has 2 aliphatic heterocycles. The van der Waals surface area contributed by atoms with Crippen LogP contribution in [0.15, 0.2) is 27.0 Å². The summed E-state index contributed by atoms with van der Waals surface area (Å²) < 4.78 is 21.4. The highest BCUT2D eigenvalue weighted by molar-refractivity contribution is 5.69. The third-order valence-corrected chi connectivity index (χ3v) is 3.94. The van der Waals surface area contributed by atoms with Crippen LogP contribution in [0.5, 0.6) is 0 Å². The van der Waals surface area contributed by atoms with Crippen molar-refractivity contribution < 1.29 is 28.5 Å². The van der Waals surface area contributed by atoms with Crippen molar-refractivity contribution in [3.8, 4) is 0 Å². The summed E-state index contributed by atoms with van der Waals surface area (Å²) in [6.07, 6.45) is 0.905. The van der Waals surface area contributed by atoms with Gasteiger partial charge in [0.1, 0.15) is 38.5 Å². The summed E-state index contributed by atoms with van der Waals surface area (Å²) in [5.41, 5.74) is -3.13. The van der Waals surface area contributed by atoms with Gasteiger partial charge in [-0.25, -0.2) is 28.1 Å². The average molecular weight is 397 g/mol. The quantitative estimate of drug-likeness (QED) is 0.233. The summed E-state index contributed by atoms with van der Waals surface area (Å²) >= 11 is 0. The lowest BCUT2D eigenvalue weighted by atomic mass is 10.5. The van der Waals surface area contributed by atoms with E-state index < -0.39 is 42.1 Å². The van der Waals surface area contributed by atoms with Crippen molar-refractivity contribution in [3.63, 3.8) is 0 Å². The van der Waals surface area contributed by atoms with E-state index in [2.05, 4.69) is 6.58 Å². The largest absolute Gasteiger partial charge is 0.461 e. The van der Waals surface area contributed by atoms with Crippen molar-refractivity contribution in [1.29, 1.82) is 0 Å². The Balaban J connectivity index is 1.84. The van der Waals surface area contributed by atoms with Crippen molar-refractivity contribution >= 4 is 11.9 Å². The molecular formula is C16H19N3O9. The van der Waals surface area contributed by atoms with Crippen LogP contribution < -0.4 is 17.1 Å². The minimum absolute atomic E-state index is 0.00361. The summed E-state index contributed by atoms with van der Waals surface area (Å²) in [7, 11) is 0. The van der Waals surface area contributed by atoms with Crippen LogP contribution in [0.4, 0.5) is 0 Å². The molecule has 28 heavy (non-hydrogen) atoms. The lowest BCUT2D eigenvalue weighted by Crippen LogP contribution is -2.55. The lowest BCUT2D eigenvalue weighted by Gasteiger charge is -2.12. The topological polar surface area (TPSA) is 144 Å². The van der Waals surface area contributed by atoms with E-state index in [9.17, 15) is 24.0 Å². The van der Waals surface area contributed by atoms with Crippen LogP contribution in [0.1, 0.15) is 0 Å². The van der Waals surface area contributed by atoms with Gasteiger partial charge >= 0.3 is 29.0 Å². The van der Waals surface area contributed by atoms with Gasteiger partial charge in [0.15, 0.2) is 0 Å². The monoisotopic (exact) mass is 397 g/mol. The third kappa shape index (κ3) is 4.84. The van der Waals surface area contributed by atoms with Gasteiger partial charge in [-0.1, -0.05) is 6.08 Å². The Kier molecular flexibility index (Phi) is 5.90. The Morgan fingerprint density at radius 3 is 1.64 bits per heavy atom. The number of esters is 2. The maximum Gasteiger partial charge on any atom is 0.337 e. The van der Waals surface area contributed by atoms with Gasteiger partial charge in [0.05, 0.1) is 19.8 Å². The molecule has 0 radical (unpaired) electrons. The van der Waals surface area contributed by atoms with E-state index in [1.807, 2.05) is 0 Å². The van der Waals surface area contributed by atoms with Crippen LogP contribution in [0.25, 0.3) is 0 Å². The Hall–Kier alpha value is -2.99. The van der Waals surface area contributed by atoms with Crippen LogP contribution in [-0.2, 0) is 48.2 Å². The molecule has 2 unspecified atom stereocenters. The average Bonchev–Trinajstić information content (AvgIpc) is 3.56. The number of aromatic nitrogens is 3. The third-order valence-electron chi connectivity index (χ3n) is 3.94. The van der Waals surface area contributed by atoms with E-state index >= 15 is 0 Å². The molecule has 2 aliphatic rings. The number of nitrogens with zero attached hydrogens (tertiary/aromatic N) is 3. The van der Waals surface area contributed by atoms with Gasteiger partial charge in [0.25, 0.3) is 0 Å². The zero-order chi connectivity index (χ0) is 20.3. The number of allylic oxidation sites excluding steroid dienone is 1. The van der Waals surface area contributed by atoms with E-state index in [-0.39, 0.29) is 32.0 Å². The Morgan fingerprint density at radius 2 is 1.29 bits per heavy atom. The first-order valence-electron chi connectivity index (χ1n) is 8.50. The molecule has 0 spiro atoms. The van der Waals surface area contributed by atoms with E-state index in [4.69, 9.17) is 18.9 Å². The number of epoxide rings is 2. The van der Waals surface area contributed by atoms with E-state index in [1.165, 1.54) is 6.08 Å². The van der Waals surface area contributed by atoms with Gasteiger partial charge in [-0.2, -0.15) is 0 Å². The molecule has 152 valence electrons. The fraction of sp³-hybridized carbons (Fsp3) is 0.562. The first-order chi connectivity index (χ1) is 13.4. The molecule has 1 aromatic rings. The van der Waals surface area contributed by atoms with Gasteiger partial charge in [-0.3, -0.25) is 9.59 Å². The molecule has 0 amide bonds. The van der Waals surface area contributed by atoms with Gasteiger partial charge in [-0.15, -0.1) is 6.58 Å². The molecule has 3 rings (SSSR count). The molecule has 2 atom stereocenters. The molecule has 2 fully saturated rings. The summed E-state index contributed by atoms with van der Waals surface area (Å²) in [4.78, 5) is 61.3. The molecule has 3 heterocycles. The molecule has 0 bridgehead atoms. The highest BCUT2D eigenvalue weighted by Crippen LogP contribution is 2.09. The van der Waals surface area contributed by atoms with Crippen LogP contribution in [-0.4, -0.2) is 64.3 Å². The van der Waals surface area contributed by atoms with Crippen molar-refractivity contribution in [3.05, 3.63) is 44.1 Å². The summed E-state index contributed by atoms with van der Waals surface area (Å²) in [6, 6.07) is 0. The van der Waals surface area contributed by atoms with Gasteiger partial charge < -0.3 is 18.9 Å². The molecule has 1 aromatic heterocycles. The fourth-order valence-corrected chi connectivity index (χ4v) is 2.29. The summed E-state index contributed by atoms with van der Waals surface area (Å²) in [6.45, 7) is 2.75. The molecule has 12 heteroatoms. The minimum atomic E-state index is -1.12. The van der Waals surface area contributed by atoms with Crippen molar-refractivity contribution in [2.45, 2.75) is 31.8 Å². The molecule has 2 saturated heterocycles. The number of hydrogen-bond donors (Lipinski definition) is 0. The maximum atomic E-state index is 12.6. The number of rotatable bonds is 10. The zero-order valence-electron chi connectivity index (χ0n) is 14.9. The number of ether oxygens (including phenoxy) is 4. The highest BCUT2D eigenvalue weighted by Gasteiger charge is 2.26. The van der Waals surface area contributed by atoms with Gasteiger partial charge in [0, 0.05) is 0 Å². The van der Waals surface area contributed by atoms with Crippen molar-refractivity contribution in [2.75, 3.05) is 26.4 Å². The SMILES string of the molecule is C=CCn1c(=O)n(CC(=O)OCC2CO2)c(=O)n(CC(=O)OCC2CO2)c1=O. The van der Waals surface area contributed by atoms with Gasteiger partial charge in [-0.05, 0) is 0 Å². The number of hydrogen-bond acceptors (Lipinski definition) is 9. The molecule has 0 aromatic carbocycles. The molecule has 0 saturated carbocycles. The Bertz CT molecular complexity index is 881. The Morgan fingerprint density at radius 1 is 0.893 bits per heavy atom. The smallest absolute Gasteiger partial charge is 0.337 e.